The van der Waals surface area contributed by atoms with E-state index in [0.717, 1.165) is 17.4 Å². The highest BCUT2D eigenvalue weighted by Crippen LogP contribution is 2.24. The molecule has 1 atom stereocenters. The highest BCUT2D eigenvalue weighted by Gasteiger charge is 2.29. The molecule has 14 heteroatoms. The lowest BCUT2D eigenvalue weighted by molar-refractivity contribution is 0.0499. The molecule has 14 nitrogen and oxygen atoms in total. The van der Waals surface area contributed by atoms with Crippen molar-refractivity contribution < 1.29 is 19.1 Å². The monoisotopic (exact) mass is 622 g/mol. The van der Waals surface area contributed by atoms with Crippen molar-refractivity contribution in [3.05, 3.63) is 62.8 Å². The average Bonchev–Trinajstić information content (AvgIpc) is 3.39. The van der Waals surface area contributed by atoms with Crippen LogP contribution in [0.15, 0.2) is 46.0 Å². The number of anilines is 2. The summed E-state index contributed by atoms with van der Waals surface area (Å²) in [5, 5.41) is 5.45. The molecule has 1 aliphatic heterocycles. The van der Waals surface area contributed by atoms with E-state index in [2.05, 4.69) is 10.6 Å². The van der Waals surface area contributed by atoms with E-state index >= 15 is 0 Å². The molecule has 2 N–H and O–H groups in total. The molecule has 1 aromatic carbocycles. The Hall–Kier alpha value is -4.88. The molecule has 2 aromatic heterocycles. The van der Waals surface area contributed by atoms with Crippen molar-refractivity contribution in [2.45, 2.75) is 65.3 Å². The van der Waals surface area contributed by atoms with Gasteiger partial charge in [-0.05, 0) is 52.7 Å². The molecule has 0 spiro atoms. The minimum Gasteiger partial charge on any atom is -0.444 e. The molecule has 1 aliphatic rings. The molecule has 3 aromatic rings. The summed E-state index contributed by atoms with van der Waals surface area (Å²) in [4.78, 5) is 73.9. The van der Waals surface area contributed by atoms with Gasteiger partial charge in [-0.25, -0.2) is 14.4 Å². The number of hydrogen-bond acceptors (Lipinski definition) is 8. The van der Waals surface area contributed by atoms with Gasteiger partial charge in [0.2, 0.25) is 5.95 Å². The van der Waals surface area contributed by atoms with Gasteiger partial charge in [-0.1, -0.05) is 24.3 Å². The Kier molecular flexibility index (Phi) is 9.84. The van der Waals surface area contributed by atoms with Gasteiger partial charge in [0.05, 0.1) is 12.2 Å². The van der Waals surface area contributed by atoms with E-state index in [1.165, 1.54) is 30.6 Å². The summed E-state index contributed by atoms with van der Waals surface area (Å²) in [6.07, 6.45) is 4.72. The van der Waals surface area contributed by atoms with Gasteiger partial charge in [0, 0.05) is 52.4 Å². The van der Waals surface area contributed by atoms with Crippen LogP contribution < -0.4 is 31.7 Å². The van der Waals surface area contributed by atoms with Crippen molar-refractivity contribution >= 4 is 40.7 Å². The summed E-state index contributed by atoms with van der Waals surface area (Å²) < 4.78 is 9.34. The Balaban J connectivity index is 1.75. The summed E-state index contributed by atoms with van der Waals surface area (Å²) in [6.45, 7) is 8.08. The molecule has 3 amide bonds. The van der Waals surface area contributed by atoms with Crippen molar-refractivity contribution in [3.8, 4) is 0 Å². The summed E-state index contributed by atoms with van der Waals surface area (Å²) in [6, 6.07) is 5.88. The van der Waals surface area contributed by atoms with Gasteiger partial charge < -0.3 is 24.8 Å². The lowest BCUT2D eigenvalue weighted by Gasteiger charge is -2.34. The van der Waals surface area contributed by atoms with E-state index in [9.17, 15) is 24.0 Å². The highest BCUT2D eigenvalue weighted by molar-refractivity contribution is 6.05. The fourth-order valence-electron chi connectivity index (χ4n) is 5.38. The predicted molar refractivity (Wildman–Crippen MR) is 172 cm³/mol. The van der Waals surface area contributed by atoms with Crippen molar-refractivity contribution in [3.63, 3.8) is 0 Å². The number of para-hydroxylation sites is 1. The maximum Gasteiger partial charge on any atom is 0.407 e. The number of ketones is 1. The number of piperidine rings is 1. The standard InChI is InChI=1S/C31H42N8O6/c1-8-9-17-38-24-25(34-27(38)37-16-12-13-20(18-37)33-29(43)45-31(2,3)4)36(7)30(44)39(26(24)41)19-23(40)21-14-10-11-15-22(21)35(6)28(42)32-5/h8-11,14-15,20H,12-13,16-19H2,1-7H3,(H,32,42)(H,33,43)/t20-/m1/s1. The topological polar surface area (TPSA) is 153 Å². The van der Waals surface area contributed by atoms with E-state index < -0.39 is 41.3 Å². The van der Waals surface area contributed by atoms with E-state index in [4.69, 9.17) is 9.72 Å². The molecule has 3 heterocycles. The number of Topliss-reactive ketones (excluding diaryl/α,β-unsaturated/α-hetero) is 1. The smallest absolute Gasteiger partial charge is 0.407 e. The molecule has 45 heavy (non-hydrogen) atoms. The van der Waals surface area contributed by atoms with Gasteiger partial charge in [0.1, 0.15) is 5.60 Å². The van der Waals surface area contributed by atoms with Gasteiger partial charge in [-0.15, -0.1) is 0 Å². The Morgan fingerprint density at radius 1 is 1.16 bits per heavy atom. The first kappa shape index (κ1) is 33.0. The fraction of sp³-hybridized carbons (Fsp3) is 0.484. The number of fused-ring (bicyclic) bond motifs is 1. The van der Waals surface area contributed by atoms with Gasteiger partial charge in [0.15, 0.2) is 16.9 Å². The lowest BCUT2D eigenvalue weighted by Crippen LogP contribution is -2.49. The minimum atomic E-state index is -0.691. The number of hydrogen-bond donors (Lipinski definition) is 2. The number of carbonyl (C=O) groups is 3. The first-order valence-electron chi connectivity index (χ1n) is 14.9. The molecule has 0 unspecified atom stereocenters. The van der Waals surface area contributed by atoms with Crippen molar-refractivity contribution in [1.29, 1.82) is 0 Å². The number of alkyl carbamates (subject to hydrolysis) is 1. The van der Waals surface area contributed by atoms with Crippen molar-refractivity contribution in [2.75, 3.05) is 37.0 Å². The van der Waals surface area contributed by atoms with Crippen LogP contribution in [0.5, 0.6) is 0 Å². The number of urea groups is 1. The lowest BCUT2D eigenvalue weighted by atomic mass is 10.1. The van der Waals surface area contributed by atoms with Crippen LogP contribution >= 0.6 is 0 Å². The molecule has 0 radical (unpaired) electrons. The second-order valence-corrected chi connectivity index (χ2v) is 12.0. The summed E-state index contributed by atoms with van der Waals surface area (Å²) >= 11 is 0. The second kappa shape index (κ2) is 13.4. The van der Waals surface area contributed by atoms with Gasteiger partial charge in [-0.3, -0.25) is 23.6 Å². The molecule has 0 aliphatic carbocycles. The fourth-order valence-corrected chi connectivity index (χ4v) is 5.38. The predicted octanol–water partition coefficient (Wildman–Crippen LogP) is 2.62. The number of nitrogens with zero attached hydrogens (tertiary/aromatic N) is 6. The van der Waals surface area contributed by atoms with E-state index in [-0.39, 0.29) is 22.8 Å². The number of carbonyl (C=O) groups excluding carboxylic acids is 3. The van der Waals surface area contributed by atoms with E-state index in [0.29, 0.717) is 31.3 Å². The molecular weight excluding hydrogens is 580 g/mol. The number of ether oxygens (including phenoxy) is 1. The molecule has 0 saturated carbocycles. The normalized spacial score (nSPS) is 15.4. The number of imidazole rings is 1. The van der Waals surface area contributed by atoms with Gasteiger partial charge in [-0.2, -0.15) is 4.98 Å². The van der Waals surface area contributed by atoms with E-state index in [1.807, 2.05) is 24.0 Å². The zero-order valence-electron chi connectivity index (χ0n) is 26.9. The number of benzene rings is 1. The van der Waals surface area contributed by atoms with Crippen LogP contribution in [-0.2, 0) is 24.9 Å². The zero-order chi connectivity index (χ0) is 33.1. The van der Waals surface area contributed by atoms with Crippen molar-refractivity contribution in [1.82, 2.24) is 29.3 Å². The van der Waals surface area contributed by atoms with Crippen LogP contribution in [0.3, 0.4) is 0 Å². The van der Waals surface area contributed by atoms with Crippen LogP contribution in [0.25, 0.3) is 11.2 Å². The van der Waals surface area contributed by atoms with Crippen LogP contribution in [0, 0.1) is 0 Å². The summed E-state index contributed by atoms with van der Waals surface area (Å²) in [5.74, 6) is -0.0285. The third-order valence-corrected chi connectivity index (χ3v) is 7.55. The maximum absolute atomic E-state index is 14.0. The third-order valence-electron chi connectivity index (χ3n) is 7.55. The summed E-state index contributed by atoms with van der Waals surface area (Å²) in [5.41, 5.74) is -1.07. The zero-order valence-corrected chi connectivity index (χ0v) is 26.9. The number of rotatable bonds is 8. The van der Waals surface area contributed by atoms with Gasteiger partial charge >= 0.3 is 17.8 Å². The van der Waals surface area contributed by atoms with Crippen LogP contribution in [0.4, 0.5) is 21.2 Å². The number of aryl methyl sites for hydroxylation is 1. The highest BCUT2D eigenvalue weighted by atomic mass is 16.6. The van der Waals surface area contributed by atoms with Crippen LogP contribution in [-0.4, -0.2) is 75.4 Å². The molecule has 1 saturated heterocycles. The number of aromatic nitrogens is 4. The molecular formula is C31H42N8O6. The average molecular weight is 623 g/mol. The molecule has 0 bridgehead atoms. The van der Waals surface area contributed by atoms with E-state index in [1.54, 1.807) is 49.6 Å². The largest absolute Gasteiger partial charge is 0.444 e. The van der Waals surface area contributed by atoms with Crippen LogP contribution in [0.2, 0.25) is 0 Å². The molecule has 1 fully saturated rings. The SMILES string of the molecule is CC=CCn1c(N2CCC[C@@H](NC(=O)OC(C)(C)C)C2)nc2c1c(=O)n(CC(=O)c1ccccc1N(C)C(=O)NC)c(=O)n2C. The first-order chi connectivity index (χ1) is 21.3. The number of allylic oxidation sites excluding steroid dienone is 2. The Labute approximate surface area is 261 Å². The minimum absolute atomic E-state index is 0.177. The Bertz CT molecular complexity index is 1750. The Morgan fingerprint density at radius 2 is 1.87 bits per heavy atom. The maximum atomic E-state index is 14.0. The van der Waals surface area contributed by atoms with Crippen molar-refractivity contribution in [2.24, 2.45) is 7.05 Å². The Morgan fingerprint density at radius 3 is 2.53 bits per heavy atom. The summed E-state index contributed by atoms with van der Waals surface area (Å²) in [7, 11) is 4.52. The van der Waals surface area contributed by atoms with Crippen LogP contribution in [0.1, 0.15) is 50.9 Å². The molecule has 4 rings (SSSR count). The quantitative estimate of drug-likeness (QED) is 0.287. The second-order valence-electron chi connectivity index (χ2n) is 12.0. The molecule has 242 valence electrons. The number of nitrogens with one attached hydrogen (secondary N) is 2. The third kappa shape index (κ3) is 7.10. The number of amides is 3. The first-order valence-corrected chi connectivity index (χ1v) is 14.9. The van der Waals surface area contributed by atoms with Gasteiger partial charge in [0.25, 0.3) is 5.56 Å².